The van der Waals surface area contributed by atoms with Crippen molar-refractivity contribution in [3.8, 4) is 0 Å². The second-order valence-corrected chi connectivity index (χ2v) is 7.90. The monoisotopic (exact) mass is 458 g/mol. The highest BCUT2D eigenvalue weighted by Gasteiger charge is 2.27. The molecule has 7 heteroatoms. The van der Waals surface area contributed by atoms with Gasteiger partial charge in [0.2, 0.25) is 5.91 Å². The smallest absolute Gasteiger partial charge is 0.337 e. The number of nitrogens with zero attached hydrogens (tertiary/aromatic N) is 1. The largest absolute Gasteiger partial charge is 0.465 e. The summed E-state index contributed by atoms with van der Waals surface area (Å²) < 4.78 is 5.61. The molecule has 0 aliphatic carbocycles. The summed E-state index contributed by atoms with van der Waals surface area (Å²) in [5.74, 6) is -0.483. The maximum Gasteiger partial charge on any atom is 0.337 e. The van der Waals surface area contributed by atoms with E-state index in [0.29, 0.717) is 43.6 Å². The van der Waals surface area contributed by atoms with E-state index in [2.05, 4.69) is 26.0 Å². The van der Waals surface area contributed by atoms with Crippen molar-refractivity contribution in [2.45, 2.75) is 19.4 Å². The summed E-state index contributed by atoms with van der Waals surface area (Å²) in [5, 5.41) is 2.95. The fourth-order valence-electron chi connectivity index (χ4n) is 3.33. The van der Waals surface area contributed by atoms with Crippen LogP contribution < -0.4 is 5.32 Å². The molecule has 1 fully saturated rings. The van der Waals surface area contributed by atoms with Gasteiger partial charge in [0.25, 0.3) is 5.91 Å². The first-order valence-corrected chi connectivity index (χ1v) is 10.3. The Balaban J connectivity index is 1.46. The zero-order chi connectivity index (χ0) is 20.8. The van der Waals surface area contributed by atoms with Crippen molar-refractivity contribution in [2.75, 3.05) is 20.2 Å². The molecule has 3 rings (SSSR count). The first kappa shape index (κ1) is 21.0. The average Bonchev–Trinajstić information content (AvgIpc) is 2.77. The molecule has 0 bridgehead atoms. The van der Waals surface area contributed by atoms with Crippen LogP contribution in [-0.4, -0.2) is 42.9 Å². The van der Waals surface area contributed by atoms with Gasteiger partial charge in [-0.3, -0.25) is 9.59 Å². The zero-order valence-electron chi connectivity index (χ0n) is 16.2. The van der Waals surface area contributed by atoms with E-state index >= 15 is 0 Å². The van der Waals surface area contributed by atoms with Crippen LogP contribution in [0.2, 0.25) is 0 Å². The highest BCUT2D eigenvalue weighted by atomic mass is 79.9. The second kappa shape index (κ2) is 9.69. The lowest BCUT2D eigenvalue weighted by Gasteiger charge is -2.31. The molecule has 0 saturated carbocycles. The van der Waals surface area contributed by atoms with Gasteiger partial charge in [0.05, 0.1) is 12.7 Å². The number of hydrogen-bond donors (Lipinski definition) is 1. The summed E-state index contributed by atoms with van der Waals surface area (Å²) in [6, 6.07) is 14.3. The standard InChI is InChI=1S/C22H23BrN2O4/c1-29-22(28)18-4-2-15(3-5-18)14-24-20(26)16-10-12-25(13-11-16)21(27)17-6-8-19(23)9-7-17/h2-9,16H,10-14H2,1H3,(H,24,26). The summed E-state index contributed by atoms with van der Waals surface area (Å²) in [6.07, 6.45) is 1.30. The van der Waals surface area contributed by atoms with E-state index in [9.17, 15) is 14.4 Å². The van der Waals surface area contributed by atoms with E-state index in [1.54, 1.807) is 41.3 Å². The molecule has 2 aromatic carbocycles. The van der Waals surface area contributed by atoms with Gasteiger partial charge in [-0.25, -0.2) is 4.79 Å². The molecule has 1 saturated heterocycles. The van der Waals surface area contributed by atoms with Crippen molar-refractivity contribution in [2.24, 2.45) is 5.92 Å². The van der Waals surface area contributed by atoms with E-state index in [0.717, 1.165) is 10.0 Å². The van der Waals surface area contributed by atoms with Gasteiger partial charge in [-0.05, 0) is 54.8 Å². The fraction of sp³-hybridized carbons (Fsp3) is 0.318. The van der Waals surface area contributed by atoms with E-state index in [1.807, 2.05) is 12.1 Å². The first-order valence-electron chi connectivity index (χ1n) is 9.47. The van der Waals surface area contributed by atoms with Crippen LogP contribution >= 0.6 is 15.9 Å². The predicted octanol–water partition coefficient (Wildman–Crippen LogP) is 3.40. The number of esters is 1. The van der Waals surface area contributed by atoms with Crippen LogP contribution in [-0.2, 0) is 16.1 Å². The Morgan fingerprint density at radius 2 is 1.59 bits per heavy atom. The van der Waals surface area contributed by atoms with Crippen molar-refractivity contribution in [3.63, 3.8) is 0 Å². The van der Waals surface area contributed by atoms with Crippen molar-refractivity contribution >= 4 is 33.7 Å². The number of carbonyl (C=O) groups excluding carboxylic acids is 3. The minimum atomic E-state index is -0.384. The molecule has 1 N–H and O–H groups in total. The molecule has 152 valence electrons. The van der Waals surface area contributed by atoms with Crippen LogP contribution in [0.4, 0.5) is 0 Å². The van der Waals surface area contributed by atoms with Gasteiger partial charge in [-0.15, -0.1) is 0 Å². The number of halogens is 1. The molecule has 6 nitrogen and oxygen atoms in total. The number of hydrogen-bond acceptors (Lipinski definition) is 4. The number of methoxy groups -OCH3 is 1. The highest BCUT2D eigenvalue weighted by Crippen LogP contribution is 2.20. The van der Waals surface area contributed by atoms with Gasteiger partial charge in [0.1, 0.15) is 0 Å². The van der Waals surface area contributed by atoms with Crippen molar-refractivity contribution < 1.29 is 19.1 Å². The lowest BCUT2D eigenvalue weighted by molar-refractivity contribution is -0.126. The van der Waals surface area contributed by atoms with Crippen LogP contribution in [0.25, 0.3) is 0 Å². The molecule has 2 aromatic rings. The number of ether oxygens (including phenoxy) is 1. The van der Waals surface area contributed by atoms with Crippen molar-refractivity contribution in [1.82, 2.24) is 10.2 Å². The van der Waals surface area contributed by atoms with Crippen LogP contribution in [0.3, 0.4) is 0 Å². The van der Waals surface area contributed by atoms with Gasteiger partial charge in [0, 0.05) is 35.6 Å². The summed E-state index contributed by atoms with van der Waals surface area (Å²) in [4.78, 5) is 38.3. The topological polar surface area (TPSA) is 75.7 Å². The molecule has 1 aliphatic rings. The van der Waals surface area contributed by atoms with E-state index in [1.165, 1.54) is 7.11 Å². The van der Waals surface area contributed by atoms with Gasteiger partial charge in [-0.2, -0.15) is 0 Å². The fourth-order valence-corrected chi connectivity index (χ4v) is 3.59. The lowest BCUT2D eigenvalue weighted by Crippen LogP contribution is -2.42. The number of carbonyl (C=O) groups is 3. The quantitative estimate of drug-likeness (QED) is 0.696. The predicted molar refractivity (Wildman–Crippen MR) is 112 cm³/mol. The van der Waals surface area contributed by atoms with Gasteiger partial charge in [-0.1, -0.05) is 28.1 Å². The van der Waals surface area contributed by atoms with Crippen LogP contribution in [0.1, 0.15) is 39.1 Å². The Hall–Kier alpha value is -2.67. The molecule has 2 amide bonds. The summed E-state index contributed by atoms with van der Waals surface area (Å²) in [6.45, 7) is 1.54. The average molecular weight is 459 g/mol. The molecule has 0 radical (unpaired) electrons. The number of rotatable bonds is 5. The third-order valence-electron chi connectivity index (χ3n) is 5.09. The Kier molecular flexibility index (Phi) is 7.04. The van der Waals surface area contributed by atoms with E-state index in [-0.39, 0.29) is 23.7 Å². The maximum absolute atomic E-state index is 12.6. The van der Waals surface area contributed by atoms with Crippen LogP contribution in [0, 0.1) is 5.92 Å². The molecule has 1 aliphatic heterocycles. The maximum atomic E-state index is 12.6. The van der Waals surface area contributed by atoms with E-state index in [4.69, 9.17) is 0 Å². The van der Waals surface area contributed by atoms with Gasteiger partial charge in [0.15, 0.2) is 0 Å². The summed E-state index contributed by atoms with van der Waals surface area (Å²) >= 11 is 3.37. The Labute approximate surface area is 178 Å². The minimum Gasteiger partial charge on any atom is -0.465 e. The molecule has 0 atom stereocenters. The SMILES string of the molecule is COC(=O)c1ccc(CNC(=O)C2CCN(C(=O)c3ccc(Br)cc3)CC2)cc1. The van der Waals surface area contributed by atoms with Gasteiger partial charge < -0.3 is 15.0 Å². The first-order chi connectivity index (χ1) is 14.0. The number of piperidine rings is 1. The second-order valence-electron chi connectivity index (χ2n) is 6.98. The molecule has 0 unspecified atom stereocenters. The minimum absolute atomic E-state index is 0.00190. The zero-order valence-corrected chi connectivity index (χ0v) is 17.8. The van der Waals surface area contributed by atoms with E-state index < -0.39 is 0 Å². The molecule has 0 spiro atoms. The number of benzene rings is 2. The normalized spacial score (nSPS) is 14.3. The highest BCUT2D eigenvalue weighted by molar-refractivity contribution is 9.10. The molecule has 1 heterocycles. The van der Waals surface area contributed by atoms with Crippen molar-refractivity contribution in [3.05, 3.63) is 69.7 Å². The van der Waals surface area contributed by atoms with Gasteiger partial charge >= 0.3 is 5.97 Å². The molecule has 29 heavy (non-hydrogen) atoms. The van der Waals surface area contributed by atoms with Crippen LogP contribution in [0.5, 0.6) is 0 Å². The molecular weight excluding hydrogens is 436 g/mol. The molecule has 0 aromatic heterocycles. The van der Waals surface area contributed by atoms with Crippen LogP contribution in [0.15, 0.2) is 53.0 Å². The lowest BCUT2D eigenvalue weighted by atomic mass is 9.95. The third-order valence-corrected chi connectivity index (χ3v) is 5.61. The Morgan fingerprint density at radius 1 is 1.00 bits per heavy atom. The summed E-state index contributed by atoms with van der Waals surface area (Å²) in [5.41, 5.74) is 2.05. The summed E-state index contributed by atoms with van der Waals surface area (Å²) in [7, 11) is 1.34. The number of likely N-dealkylation sites (tertiary alicyclic amines) is 1. The molecular formula is C22H23BrN2O4. The Morgan fingerprint density at radius 3 is 2.17 bits per heavy atom. The number of amides is 2. The third kappa shape index (κ3) is 5.44. The van der Waals surface area contributed by atoms with Crippen molar-refractivity contribution in [1.29, 1.82) is 0 Å². The Bertz CT molecular complexity index is 873. The number of nitrogens with one attached hydrogen (secondary N) is 1.